The second-order valence-corrected chi connectivity index (χ2v) is 4.97. The molecule has 94 valence electrons. The molecule has 1 fully saturated rings. The van der Waals surface area contributed by atoms with Gasteiger partial charge in [0.15, 0.2) is 0 Å². The Kier molecular flexibility index (Phi) is 3.48. The monoisotopic (exact) mass is 239 g/mol. The smallest absolute Gasteiger partial charge is 0.134 e. The third-order valence-electron chi connectivity index (χ3n) is 3.80. The van der Waals surface area contributed by atoms with E-state index in [9.17, 15) is 8.78 Å². The Morgan fingerprint density at radius 1 is 1.18 bits per heavy atom. The predicted octanol–water partition coefficient (Wildman–Crippen LogP) is 3.65. The molecule has 0 atom stereocenters. The largest absolute Gasteiger partial charge is 0.321 e. The van der Waals surface area contributed by atoms with Crippen LogP contribution in [0.2, 0.25) is 0 Å². The van der Waals surface area contributed by atoms with Gasteiger partial charge >= 0.3 is 0 Å². The van der Waals surface area contributed by atoms with Crippen LogP contribution in [-0.4, -0.2) is 0 Å². The van der Waals surface area contributed by atoms with Crippen molar-refractivity contribution in [3.05, 3.63) is 34.9 Å². The van der Waals surface area contributed by atoms with Crippen molar-refractivity contribution in [1.82, 2.24) is 0 Å². The maximum absolute atomic E-state index is 14.2. The van der Waals surface area contributed by atoms with Gasteiger partial charge < -0.3 is 5.73 Å². The Labute approximate surface area is 101 Å². The Morgan fingerprint density at radius 3 is 2.41 bits per heavy atom. The minimum atomic E-state index is -0.808. The van der Waals surface area contributed by atoms with Gasteiger partial charge in [0, 0.05) is 11.1 Å². The number of halogens is 2. The van der Waals surface area contributed by atoms with Crippen LogP contribution < -0.4 is 5.73 Å². The van der Waals surface area contributed by atoms with E-state index in [4.69, 9.17) is 5.73 Å². The van der Waals surface area contributed by atoms with E-state index in [2.05, 4.69) is 0 Å². The summed E-state index contributed by atoms with van der Waals surface area (Å²) < 4.78 is 28.1. The number of rotatable bonds is 2. The average molecular weight is 239 g/mol. The highest BCUT2D eigenvalue weighted by Gasteiger charge is 2.35. The summed E-state index contributed by atoms with van der Waals surface area (Å²) in [5, 5.41) is 0. The molecule has 0 unspecified atom stereocenters. The fourth-order valence-corrected chi connectivity index (χ4v) is 2.76. The number of aryl methyl sites for hydroxylation is 1. The van der Waals surface area contributed by atoms with Gasteiger partial charge in [-0.25, -0.2) is 8.78 Å². The molecule has 1 nitrogen and oxygen atoms in total. The summed E-state index contributed by atoms with van der Waals surface area (Å²) in [7, 11) is 0. The second-order valence-electron chi connectivity index (χ2n) is 4.97. The first kappa shape index (κ1) is 12.5. The summed E-state index contributed by atoms with van der Waals surface area (Å²) in [6, 6.07) is 2.86. The van der Waals surface area contributed by atoms with E-state index in [-0.39, 0.29) is 5.56 Å². The zero-order valence-corrected chi connectivity index (χ0v) is 10.2. The molecule has 0 radical (unpaired) electrons. The van der Waals surface area contributed by atoms with Crippen LogP contribution in [0, 0.1) is 11.6 Å². The summed E-state index contributed by atoms with van der Waals surface area (Å²) in [5.41, 5.74) is 6.08. The normalized spacial score (nSPS) is 19.3. The van der Waals surface area contributed by atoms with Crippen molar-refractivity contribution in [2.45, 2.75) is 51.0 Å². The molecule has 0 saturated heterocycles. The minimum absolute atomic E-state index is 0.108. The van der Waals surface area contributed by atoms with E-state index in [0.29, 0.717) is 24.8 Å². The van der Waals surface area contributed by atoms with Gasteiger partial charge in [-0.05, 0) is 30.9 Å². The van der Waals surface area contributed by atoms with Gasteiger partial charge in [-0.2, -0.15) is 0 Å². The van der Waals surface area contributed by atoms with Crippen LogP contribution >= 0.6 is 0 Å². The van der Waals surface area contributed by atoms with Crippen molar-refractivity contribution < 1.29 is 8.78 Å². The molecule has 2 N–H and O–H groups in total. The zero-order chi connectivity index (χ0) is 12.5. The van der Waals surface area contributed by atoms with Crippen molar-refractivity contribution in [3.63, 3.8) is 0 Å². The van der Waals surface area contributed by atoms with E-state index >= 15 is 0 Å². The van der Waals surface area contributed by atoms with E-state index in [1.54, 1.807) is 0 Å². The van der Waals surface area contributed by atoms with Crippen LogP contribution in [0.1, 0.15) is 50.2 Å². The van der Waals surface area contributed by atoms with E-state index < -0.39 is 17.2 Å². The molecule has 3 heteroatoms. The molecule has 1 saturated carbocycles. The molecule has 0 heterocycles. The van der Waals surface area contributed by atoms with E-state index in [1.165, 1.54) is 12.1 Å². The van der Waals surface area contributed by atoms with Crippen LogP contribution in [0.15, 0.2) is 12.1 Å². The summed E-state index contributed by atoms with van der Waals surface area (Å²) >= 11 is 0. The molecule has 0 spiro atoms. The molecule has 0 amide bonds. The molecular formula is C14H19F2N. The molecule has 0 aliphatic heterocycles. The first-order chi connectivity index (χ1) is 8.08. The Balaban J connectivity index is 2.49. The minimum Gasteiger partial charge on any atom is -0.321 e. The molecule has 1 aromatic carbocycles. The molecule has 1 aromatic rings. The third kappa shape index (κ3) is 2.21. The highest BCUT2D eigenvalue weighted by atomic mass is 19.1. The first-order valence-electron chi connectivity index (χ1n) is 6.35. The van der Waals surface area contributed by atoms with Crippen LogP contribution in [0.5, 0.6) is 0 Å². The van der Waals surface area contributed by atoms with Crippen molar-refractivity contribution in [1.29, 1.82) is 0 Å². The molecule has 17 heavy (non-hydrogen) atoms. The zero-order valence-electron chi connectivity index (χ0n) is 10.2. The molecule has 1 aliphatic carbocycles. The summed E-state index contributed by atoms with van der Waals surface area (Å²) in [5.74, 6) is -0.930. The standard InChI is InChI=1S/C14H19F2N/c1-2-10-6-7-11(15)12(13(10)16)14(17)8-4-3-5-9-14/h6-7H,2-5,8-9,17H2,1H3. The molecule has 2 rings (SSSR count). The summed E-state index contributed by atoms with van der Waals surface area (Å²) in [6.07, 6.45) is 4.92. The van der Waals surface area contributed by atoms with Crippen molar-refractivity contribution in [3.8, 4) is 0 Å². The summed E-state index contributed by atoms with van der Waals surface area (Å²) in [4.78, 5) is 0. The van der Waals surface area contributed by atoms with Gasteiger partial charge in [-0.15, -0.1) is 0 Å². The SMILES string of the molecule is CCc1ccc(F)c(C2(N)CCCCC2)c1F. The lowest BCUT2D eigenvalue weighted by Gasteiger charge is -2.34. The fourth-order valence-electron chi connectivity index (χ4n) is 2.76. The predicted molar refractivity (Wildman–Crippen MR) is 64.7 cm³/mol. The number of hydrogen-bond acceptors (Lipinski definition) is 1. The van der Waals surface area contributed by atoms with Gasteiger partial charge in [0.2, 0.25) is 0 Å². The van der Waals surface area contributed by atoms with Gasteiger partial charge in [-0.1, -0.05) is 32.3 Å². The number of nitrogens with two attached hydrogens (primary N) is 1. The average Bonchev–Trinajstić information content (AvgIpc) is 2.30. The topological polar surface area (TPSA) is 26.0 Å². The number of benzene rings is 1. The molecular weight excluding hydrogens is 220 g/mol. The van der Waals surface area contributed by atoms with E-state index in [1.807, 2.05) is 6.92 Å². The van der Waals surface area contributed by atoms with Crippen molar-refractivity contribution >= 4 is 0 Å². The Bertz CT molecular complexity index is 409. The Morgan fingerprint density at radius 2 is 1.82 bits per heavy atom. The van der Waals surface area contributed by atoms with Gasteiger partial charge in [0.1, 0.15) is 11.6 Å². The fraction of sp³-hybridized carbons (Fsp3) is 0.571. The van der Waals surface area contributed by atoms with Crippen LogP contribution in [0.4, 0.5) is 8.78 Å². The number of hydrogen-bond donors (Lipinski definition) is 1. The van der Waals surface area contributed by atoms with E-state index in [0.717, 1.165) is 19.3 Å². The Hall–Kier alpha value is -0.960. The highest BCUT2D eigenvalue weighted by Crippen LogP contribution is 2.38. The summed E-state index contributed by atoms with van der Waals surface area (Å²) in [6.45, 7) is 1.87. The second kappa shape index (κ2) is 4.73. The lowest BCUT2D eigenvalue weighted by atomic mass is 9.76. The van der Waals surface area contributed by atoms with Crippen LogP contribution in [-0.2, 0) is 12.0 Å². The highest BCUT2D eigenvalue weighted by molar-refractivity contribution is 5.33. The lowest BCUT2D eigenvalue weighted by Crippen LogP contribution is -2.40. The quantitative estimate of drug-likeness (QED) is 0.837. The third-order valence-corrected chi connectivity index (χ3v) is 3.80. The van der Waals surface area contributed by atoms with Gasteiger partial charge in [0.05, 0.1) is 0 Å². The maximum Gasteiger partial charge on any atom is 0.134 e. The van der Waals surface area contributed by atoms with Gasteiger partial charge in [0.25, 0.3) is 0 Å². The lowest BCUT2D eigenvalue weighted by molar-refractivity contribution is 0.282. The maximum atomic E-state index is 14.2. The molecule has 0 aromatic heterocycles. The van der Waals surface area contributed by atoms with Crippen LogP contribution in [0.3, 0.4) is 0 Å². The first-order valence-corrected chi connectivity index (χ1v) is 6.35. The van der Waals surface area contributed by atoms with Crippen molar-refractivity contribution in [2.75, 3.05) is 0 Å². The molecule has 0 bridgehead atoms. The van der Waals surface area contributed by atoms with Gasteiger partial charge in [-0.3, -0.25) is 0 Å². The molecule has 1 aliphatic rings. The van der Waals surface area contributed by atoms with Crippen LogP contribution in [0.25, 0.3) is 0 Å². The van der Waals surface area contributed by atoms with Crippen molar-refractivity contribution in [2.24, 2.45) is 5.73 Å².